The van der Waals surface area contributed by atoms with E-state index in [4.69, 9.17) is 0 Å². The van der Waals surface area contributed by atoms with Gasteiger partial charge < -0.3 is 4.18 Å². The largest absolute Gasteiger partial charge is 0.460 e. The molecule has 0 atom stereocenters. The van der Waals surface area contributed by atoms with E-state index >= 15 is 0 Å². The molecule has 196 valence electrons. The molecular weight excluding hydrogens is 543 g/mol. The van der Waals surface area contributed by atoms with Crippen LogP contribution in [-0.2, 0) is 10.1 Å². The first-order valence-corrected chi connectivity index (χ1v) is 11.3. The molecular formula is C22H11F9N2O3S. The van der Waals surface area contributed by atoms with Crippen molar-refractivity contribution in [3.8, 4) is 17.1 Å². The van der Waals surface area contributed by atoms with Gasteiger partial charge in [0.1, 0.15) is 0 Å². The van der Waals surface area contributed by atoms with Gasteiger partial charge in [-0.05, 0) is 22.9 Å². The van der Waals surface area contributed by atoms with Gasteiger partial charge in [-0.2, -0.15) is 47.9 Å². The minimum Gasteiger partial charge on any atom is -0.377 e. The van der Waals surface area contributed by atoms with Gasteiger partial charge in [0.25, 0.3) is 0 Å². The Morgan fingerprint density at radius 2 is 1.30 bits per heavy atom. The first-order chi connectivity index (χ1) is 17.0. The zero-order chi connectivity index (χ0) is 27.4. The van der Waals surface area contributed by atoms with Crippen LogP contribution in [0.15, 0.2) is 66.9 Å². The first-order valence-electron chi connectivity index (χ1n) is 9.89. The third kappa shape index (κ3) is 4.10. The molecule has 0 saturated heterocycles. The highest BCUT2D eigenvalue weighted by molar-refractivity contribution is 7.88. The SMILES string of the molecule is O=S(=O)(Oc1ccc2ccccc2c1-c1ncc2ccccc2n1)C(F)(F)C(F)(F)C(F)(F)C(F)(F)F. The van der Waals surface area contributed by atoms with Crippen molar-refractivity contribution >= 4 is 31.8 Å². The molecule has 0 spiro atoms. The summed E-state index contributed by atoms with van der Waals surface area (Å²) in [5.74, 6) is -16.3. The molecule has 1 aromatic heterocycles. The number of nitrogens with zero attached hydrogens (tertiary/aromatic N) is 2. The second-order valence-electron chi connectivity index (χ2n) is 7.61. The van der Waals surface area contributed by atoms with E-state index in [1.54, 1.807) is 24.3 Å². The molecule has 5 nitrogen and oxygen atoms in total. The summed E-state index contributed by atoms with van der Waals surface area (Å²) in [4.78, 5) is 8.19. The standard InChI is InChI=1S/C22H11F9N2O3S/c23-19(24,21(27,28)29)20(25,26)22(30,31)37(34,35)36-16-10-9-12-5-1-3-7-14(12)17(16)18-32-11-13-6-2-4-8-15(13)33-18/h1-11H. The van der Waals surface area contributed by atoms with E-state index in [2.05, 4.69) is 14.2 Å². The zero-order valence-corrected chi connectivity index (χ0v) is 18.6. The van der Waals surface area contributed by atoms with Crippen molar-refractivity contribution in [2.45, 2.75) is 23.3 Å². The van der Waals surface area contributed by atoms with E-state index in [9.17, 15) is 47.9 Å². The fraction of sp³-hybridized carbons (Fsp3) is 0.182. The summed E-state index contributed by atoms with van der Waals surface area (Å²) in [5, 5.41) is -6.10. The Balaban J connectivity index is 1.89. The summed E-state index contributed by atoms with van der Waals surface area (Å²) in [6.07, 6.45) is -5.94. The van der Waals surface area contributed by atoms with Gasteiger partial charge in [-0.3, -0.25) is 0 Å². The van der Waals surface area contributed by atoms with Crippen LogP contribution in [0.2, 0.25) is 0 Å². The van der Waals surface area contributed by atoms with Crippen molar-refractivity contribution in [2.24, 2.45) is 0 Å². The van der Waals surface area contributed by atoms with E-state index in [0.717, 1.165) is 12.1 Å². The van der Waals surface area contributed by atoms with Gasteiger partial charge in [-0.1, -0.05) is 48.5 Å². The van der Waals surface area contributed by atoms with E-state index in [1.165, 1.54) is 30.5 Å². The van der Waals surface area contributed by atoms with Crippen molar-refractivity contribution < 1.29 is 52.1 Å². The minimum atomic E-state index is -7.44. The molecule has 4 rings (SSSR count). The van der Waals surface area contributed by atoms with E-state index in [0.29, 0.717) is 10.8 Å². The van der Waals surface area contributed by atoms with Gasteiger partial charge in [0, 0.05) is 11.6 Å². The average Bonchev–Trinajstić information content (AvgIpc) is 2.82. The number of alkyl halides is 9. The molecule has 3 aromatic carbocycles. The molecule has 0 N–H and O–H groups in total. The number of halogens is 9. The molecule has 0 aliphatic heterocycles. The van der Waals surface area contributed by atoms with Crippen LogP contribution in [0.3, 0.4) is 0 Å². The minimum absolute atomic E-state index is 0.0705. The maximum Gasteiger partial charge on any atom is 0.460 e. The number of aromatic nitrogens is 2. The maximum absolute atomic E-state index is 14.3. The molecule has 1 heterocycles. The average molecular weight is 554 g/mol. The third-order valence-corrected chi connectivity index (χ3v) is 6.52. The van der Waals surface area contributed by atoms with Crippen LogP contribution >= 0.6 is 0 Å². The van der Waals surface area contributed by atoms with Gasteiger partial charge in [0.2, 0.25) is 0 Å². The highest BCUT2D eigenvalue weighted by atomic mass is 32.2. The number of benzene rings is 3. The topological polar surface area (TPSA) is 69.2 Å². The Kier molecular flexibility index (Phi) is 6.05. The second kappa shape index (κ2) is 8.46. The number of rotatable bonds is 6. The van der Waals surface area contributed by atoms with Crippen LogP contribution in [0.25, 0.3) is 33.1 Å². The summed E-state index contributed by atoms with van der Waals surface area (Å²) in [5.41, 5.74) is -0.134. The molecule has 37 heavy (non-hydrogen) atoms. The van der Waals surface area contributed by atoms with Crippen LogP contribution in [0.4, 0.5) is 39.5 Å². The molecule has 15 heteroatoms. The number of hydrogen-bond donors (Lipinski definition) is 0. The van der Waals surface area contributed by atoms with Gasteiger partial charge in [-0.15, -0.1) is 0 Å². The van der Waals surface area contributed by atoms with Crippen LogP contribution in [-0.4, -0.2) is 41.7 Å². The number of fused-ring (bicyclic) bond motifs is 2. The molecule has 0 unspecified atom stereocenters. The molecule has 0 aliphatic rings. The normalized spacial score (nSPS) is 13.8. The second-order valence-corrected chi connectivity index (χ2v) is 9.20. The lowest BCUT2D eigenvalue weighted by atomic mass is 10.0. The lowest BCUT2D eigenvalue weighted by Gasteiger charge is -2.32. The Bertz CT molecular complexity index is 1610. The summed E-state index contributed by atoms with van der Waals surface area (Å²) >= 11 is 0. The van der Waals surface area contributed by atoms with Crippen LogP contribution in [0, 0.1) is 0 Å². The summed E-state index contributed by atoms with van der Waals surface area (Å²) < 4.78 is 149. The van der Waals surface area contributed by atoms with Crippen molar-refractivity contribution in [1.82, 2.24) is 9.97 Å². The van der Waals surface area contributed by atoms with Crippen LogP contribution in [0.5, 0.6) is 5.75 Å². The van der Waals surface area contributed by atoms with E-state index < -0.39 is 44.7 Å². The Morgan fingerprint density at radius 3 is 1.95 bits per heavy atom. The van der Waals surface area contributed by atoms with Crippen LogP contribution < -0.4 is 4.18 Å². The molecule has 0 bridgehead atoms. The van der Waals surface area contributed by atoms with E-state index in [1.807, 2.05) is 0 Å². The lowest BCUT2D eigenvalue weighted by Crippen LogP contribution is -2.63. The Morgan fingerprint density at radius 1 is 0.703 bits per heavy atom. The lowest BCUT2D eigenvalue weighted by molar-refractivity contribution is -0.382. The van der Waals surface area contributed by atoms with Gasteiger partial charge >= 0.3 is 33.4 Å². The van der Waals surface area contributed by atoms with Crippen molar-refractivity contribution in [3.05, 3.63) is 66.9 Å². The maximum atomic E-state index is 14.3. The monoisotopic (exact) mass is 554 g/mol. The van der Waals surface area contributed by atoms with E-state index in [-0.39, 0.29) is 16.7 Å². The number of hydrogen-bond acceptors (Lipinski definition) is 5. The molecule has 0 aliphatic carbocycles. The molecule has 4 aromatic rings. The van der Waals surface area contributed by atoms with Crippen molar-refractivity contribution in [3.63, 3.8) is 0 Å². The van der Waals surface area contributed by atoms with Crippen molar-refractivity contribution in [1.29, 1.82) is 0 Å². The Hall–Kier alpha value is -3.62. The predicted molar refractivity (Wildman–Crippen MR) is 113 cm³/mol. The molecule has 0 radical (unpaired) electrons. The predicted octanol–water partition coefficient (Wildman–Crippen LogP) is 6.58. The summed E-state index contributed by atoms with van der Waals surface area (Å²) in [6.45, 7) is 0. The first kappa shape index (κ1) is 26.4. The molecule has 0 fully saturated rings. The fourth-order valence-corrected chi connectivity index (χ4v) is 4.25. The highest BCUT2D eigenvalue weighted by Gasteiger charge is 2.86. The number of para-hydroxylation sites is 1. The molecule has 0 amide bonds. The van der Waals surface area contributed by atoms with Gasteiger partial charge in [-0.25, -0.2) is 9.97 Å². The zero-order valence-electron chi connectivity index (χ0n) is 17.8. The third-order valence-electron chi connectivity index (χ3n) is 5.23. The van der Waals surface area contributed by atoms with Gasteiger partial charge in [0.05, 0.1) is 11.1 Å². The fourth-order valence-electron chi connectivity index (χ4n) is 3.33. The molecule has 0 saturated carbocycles. The Labute approximate surface area is 201 Å². The van der Waals surface area contributed by atoms with Crippen molar-refractivity contribution in [2.75, 3.05) is 0 Å². The summed E-state index contributed by atoms with van der Waals surface area (Å²) in [6, 6.07) is 14.0. The summed E-state index contributed by atoms with van der Waals surface area (Å²) in [7, 11) is -7.17. The highest BCUT2D eigenvalue weighted by Crippen LogP contribution is 2.55. The quantitative estimate of drug-likeness (QED) is 0.199. The smallest absolute Gasteiger partial charge is 0.377 e. The van der Waals surface area contributed by atoms with Gasteiger partial charge in [0.15, 0.2) is 11.6 Å². The van der Waals surface area contributed by atoms with Crippen LogP contribution in [0.1, 0.15) is 0 Å².